The number of nitrogens with two attached hydrogens (primary N) is 1. The van der Waals surface area contributed by atoms with E-state index in [1.54, 1.807) is 0 Å². The Bertz CT molecular complexity index is 447. The van der Waals surface area contributed by atoms with Crippen molar-refractivity contribution in [3.05, 3.63) is 34.9 Å². The van der Waals surface area contributed by atoms with E-state index in [1.807, 2.05) is 0 Å². The largest absolute Gasteiger partial charge is 0.388 e. The summed E-state index contributed by atoms with van der Waals surface area (Å²) in [6.07, 6.45) is 11.2. The summed E-state index contributed by atoms with van der Waals surface area (Å²) in [5.41, 5.74) is 10.3. The van der Waals surface area contributed by atoms with E-state index >= 15 is 0 Å². The van der Waals surface area contributed by atoms with E-state index in [1.165, 1.54) is 36.8 Å². The molecule has 0 radical (unpaired) electrons. The maximum atomic E-state index is 11.0. The van der Waals surface area contributed by atoms with Crippen molar-refractivity contribution in [1.29, 1.82) is 0 Å². The second-order valence-corrected chi connectivity index (χ2v) is 7.35. The Morgan fingerprint density at radius 3 is 2.09 bits per heavy atom. The van der Waals surface area contributed by atoms with Crippen molar-refractivity contribution in [2.45, 2.75) is 90.2 Å². The fourth-order valence-electron chi connectivity index (χ4n) is 4.01. The molecule has 2 heteroatoms. The Kier molecular flexibility index (Phi) is 7.58. The molecule has 3 atom stereocenters. The van der Waals surface area contributed by atoms with Gasteiger partial charge in [-0.3, -0.25) is 0 Å². The van der Waals surface area contributed by atoms with E-state index in [4.69, 9.17) is 5.73 Å². The first-order valence-electron chi connectivity index (χ1n) is 9.72. The molecule has 0 aliphatic heterocycles. The molecule has 0 spiro atoms. The molecule has 1 saturated carbocycles. The Morgan fingerprint density at radius 1 is 0.957 bits per heavy atom. The maximum Gasteiger partial charge on any atom is 0.0833 e. The molecule has 1 aliphatic carbocycles. The van der Waals surface area contributed by atoms with Gasteiger partial charge in [-0.15, -0.1) is 0 Å². The number of aliphatic hydroxyl groups is 1. The second-order valence-electron chi connectivity index (χ2n) is 7.35. The summed E-state index contributed by atoms with van der Waals surface area (Å²) in [6, 6.07) is 6.90. The van der Waals surface area contributed by atoms with Gasteiger partial charge in [0.15, 0.2) is 0 Å². The molecular formula is C21H35NO. The van der Waals surface area contributed by atoms with Gasteiger partial charge in [0.2, 0.25) is 0 Å². The van der Waals surface area contributed by atoms with E-state index in [-0.39, 0.29) is 12.0 Å². The summed E-state index contributed by atoms with van der Waals surface area (Å²) in [5, 5.41) is 11.0. The zero-order valence-electron chi connectivity index (χ0n) is 15.1. The second kappa shape index (κ2) is 9.44. The van der Waals surface area contributed by atoms with E-state index in [9.17, 15) is 5.11 Å². The summed E-state index contributed by atoms with van der Waals surface area (Å²) < 4.78 is 0. The van der Waals surface area contributed by atoms with Crippen LogP contribution in [0.15, 0.2) is 18.2 Å². The average Bonchev–Trinajstić information content (AvgIpc) is 2.51. The van der Waals surface area contributed by atoms with Crippen LogP contribution in [0.4, 0.5) is 0 Å². The van der Waals surface area contributed by atoms with Gasteiger partial charge in [0, 0.05) is 12.0 Å². The summed E-state index contributed by atoms with van der Waals surface area (Å²) in [4.78, 5) is 0. The molecule has 1 aromatic carbocycles. The first-order valence-corrected chi connectivity index (χ1v) is 9.72. The zero-order chi connectivity index (χ0) is 16.7. The van der Waals surface area contributed by atoms with Gasteiger partial charge in [0.25, 0.3) is 0 Å². The fourth-order valence-corrected chi connectivity index (χ4v) is 4.01. The first kappa shape index (κ1) is 18.5. The molecule has 0 saturated heterocycles. The van der Waals surface area contributed by atoms with Crippen molar-refractivity contribution in [3.63, 3.8) is 0 Å². The van der Waals surface area contributed by atoms with Crippen LogP contribution in [0.5, 0.6) is 0 Å². The van der Waals surface area contributed by atoms with Crippen LogP contribution in [0.2, 0.25) is 0 Å². The highest BCUT2D eigenvalue weighted by Gasteiger charge is 2.28. The molecule has 130 valence electrons. The minimum atomic E-state index is -0.407. The Hall–Kier alpha value is -0.860. The van der Waals surface area contributed by atoms with Crippen LogP contribution in [0.25, 0.3) is 0 Å². The standard InChI is InChI=1S/C21H35NO/c1-3-9-16-13-17(10-4-2)15-18(14-16)21(23)19-11-7-5-6-8-12-20(19)22/h13-15,19-21,23H,3-12,22H2,1-2H3. The van der Waals surface area contributed by atoms with Crippen LogP contribution < -0.4 is 5.73 Å². The monoisotopic (exact) mass is 317 g/mol. The van der Waals surface area contributed by atoms with Crippen molar-refractivity contribution in [2.75, 3.05) is 0 Å². The van der Waals surface area contributed by atoms with Crippen molar-refractivity contribution in [3.8, 4) is 0 Å². The lowest BCUT2D eigenvalue weighted by Gasteiger charge is -2.31. The number of hydrogen-bond acceptors (Lipinski definition) is 2. The molecule has 1 aromatic rings. The van der Waals surface area contributed by atoms with Crippen LogP contribution in [-0.2, 0) is 12.8 Å². The van der Waals surface area contributed by atoms with E-state index in [0.717, 1.165) is 44.1 Å². The molecule has 0 bridgehead atoms. The third-order valence-electron chi connectivity index (χ3n) is 5.27. The van der Waals surface area contributed by atoms with Gasteiger partial charge in [-0.25, -0.2) is 0 Å². The van der Waals surface area contributed by atoms with Gasteiger partial charge in [-0.2, -0.15) is 0 Å². The predicted molar refractivity (Wildman–Crippen MR) is 98.6 cm³/mol. The summed E-state index contributed by atoms with van der Waals surface area (Å²) in [6.45, 7) is 4.43. The lowest BCUT2D eigenvalue weighted by molar-refractivity contribution is 0.0795. The van der Waals surface area contributed by atoms with Crippen LogP contribution in [-0.4, -0.2) is 11.1 Å². The van der Waals surface area contributed by atoms with Gasteiger partial charge in [0.1, 0.15) is 0 Å². The molecule has 2 nitrogen and oxygen atoms in total. The zero-order valence-corrected chi connectivity index (χ0v) is 15.1. The maximum absolute atomic E-state index is 11.0. The van der Waals surface area contributed by atoms with Crippen LogP contribution in [0.1, 0.15) is 88.0 Å². The van der Waals surface area contributed by atoms with Gasteiger partial charge < -0.3 is 10.8 Å². The molecule has 2 rings (SSSR count). The Balaban J connectivity index is 2.22. The van der Waals surface area contributed by atoms with Crippen molar-refractivity contribution >= 4 is 0 Å². The molecule has 23 heavy (non-hydrogen) atoms. The molecule has 0 amide bonds. The number of benzene rings is 1. The van der Waals surface area contributed by atoms with E-state index < -0.39 is 6.10 Å². The summed E-state index contributed by atoms with van der Waals surface area (Å²) >= 11 is 0. The molecular weight excluding hydrogens is 282 g/mol. The number of hydrogen-bond donors (Lipinski definition) is 2. The summed E-state index contributed by atoms with van der Waals surface area (Å²) in [5.74, 6) is 0.210. The van der Waals surface area contributed by atoms with Crippen molar-refractivity contribution in [1.82, 2.24) is 0 Å². The van der Waals surface area contributed by atoms with Crippen molar-refractivity contribution < 1.29 is 5.11 Å². The highest BCUT2D eigenvalue weighted by Crippen LogP contribution is 2.33. The Morgan fingerprint density at radius 2 is 1.52 bits per heavy atom. The van der Waals surface area contributed by atoms with Gasteiger partial charge in [-0.1, -0.05) is 70.6 Å². The predicted octanol–water partition coefficient (Wildman–Crippen LogP) is 4.92. The third-order valence-corrected chi connectivity index (χ3v) is 5.27. The highest BCUT2D eigenvalue weighted by atomic mass is 16.3. The van der Waals surface area contributed by atoms with Crippen LogP contribution in [0.3, 0.4) is 0 Å². The lowest BCUT2D eigenvalue weighted by Crippen LogP contribution is -2.35. The van der Waals surface area contributed by atoms with Gasteiger partial charge >= 0.3 is 0 Å². The third kappa shape index (κ3) is 5.32. The average molecular weight is 318 g/mol. The number of aliphatic hydroxyl groups excluding tert-OH is 1. The molecule has 3 N–H and O–H groups in total. The van der Waals surface area contributed by atoms with Crippen molar-refractivity contribution in [2.24, 2.45) is 11.7 Å². The SMILES string of the molecule is CCCc1cc(CCC)cc(C(O)C2CCCCCCC2N)c1. The smallest absolute Gasteiger partial charge is 0.0833 e. The van der Waals surface area contributed by atoms with E-state index in [2.05, 4.69) is 32.0 Å². The lowest BCUT2D eigenvalue weighted by atomic mass is 9.80. The molecule has 0 aromatic heterocycles. The quantitative estimate of drug-likeness (QED) is 0.782. The fraction of sp³-hybridized carbons (Fsp3) is 0.714. The highest BCUT2D eigenvalue weighted by molar-refractivity contribution is 5.32. The molecule has 1 aliphatic rings. The number of aryl methyl sites for hydroxylation is 2. The summed E-state index contributed by atoms with van der Waals surface area (Å²) in [7, 11) is 0. The van der Waals surface area contributed by atoms with E-state index in [0.29, 0.717) is 0 Å². The first-order chi connectivity index (χ1) is 11.2. The minimum Gasteiger partial charge on any atom is -0.388 e. The van der Waals surface area contributed by atoms with Gasteiger partial charge in [-0.05, 0) is 42.4 Å². The topological polar surface area (TPSA) is 46.2 Å². The molecule has 3 unspecified atom stereocenters. The van der Waals surface area contributed by atoms with Crippen LogP contribution >= 0.6 is 0 Å². The molecule has 0 heterocycles. The van der Waals surface area contributed by atoms with Gasteiger partial charge in [0.05, 0.1) is 6.10 Å². The minimum absolute atomic E-state index is 0.134. The molecule has 1 fully saturated rings. The normalized spacial score (nSPS) is 24.0. The number of rotatable bonds is 6. The Labute approximate surface area is 142 Å². The van der Waals surface area contributed by atoms with Crippen LogP contribution in [0, 0.1) is 5.92 Å².